The number of rotatable bonds is 8. The van der Waals surface area contributed by atoms with Gasteiger partial charge in [0, 0.05) is 22.5 Å². The maximum atomic E-state index is 15.3. The van der Waals surface area contributed by atoms with Crippen LogP contribution in [-0.2, 0) is 31.0 Å². The van der Waals surface area contributed by atoms with E-state index < -0.39 is 46.8 Å². The average molecular weight is 777 g/mol. The summed E-state index contributed by atoms with van der Waals surface area (Å²) in [5.41, 5.74) is 5.73. The highest BCUT2D eigenvalue weighted by molar-refractivity contribution is 9.10. The van der Waals surface area contributed by atoms with E-state index >= 15 is 4.79 Å². The number of carbonyl (C=O) groups is 4. The van der Waals surface area contributed by atoms with Gasteiger partial charge < -0.3 is 14.9 Å². The van der Waals surface area contributed by atoms with E-state index in [4.69, 9.17) is 4.74 Å². The summed E-state index contributed by atoms with van der Waals surface area (Å²) in [4.78, 5) is 60.0. The highest BCUT2D eigenvalue weighted by atomic mass is 79.9. The minimum atomic E-state index is -1.53. The number of likely N-dealkylation sites (tertiary alicyclic amines) is 1. The zero-order valence-electron chi connectivity index (χ0n) is 29.2. The van der Waals surface area contributed by atoms with E-state index in [1.165, 1.54) is 12.0 Å². The van der Waals surface area contributed by atoms with Crippen molar-refractivity contribution in [2.45, 2.75) is 37.5 Å². The minimum absolute atomic E-state index is 0.131. The third-order valence-corrected chi connectivity index (χ3v) is 12.1. The van der Waals surface area contributed by atoms with Crippen LogP contribution in [0.15, 0.2) is 107 Å². The van der Waals surface area contributed by atoms with Gasteiger partial charge in [0.05, 0.1) is 36.0 Å². The molecule has 8 rings (SSSR count). The highest BCUT2D eigenvalue weighted by Gasteiger charge is 2.70. The lowest BCUT2D eigenvalue weighted by Crippen LogP contribution is -2.53. The van der Waals surface area contributed by atoms with E-state index in [2.05, 4.69) is 21.4 Å². The first-order valence-corrected chi connectivity index (χ1v) is 18.5. The van der Waals surface area contributed by atoms with Gasteiger partial charge in [-0.2, -0.15) is 5.01 Å². The average Bonchev–Trinajstić information content (AvgIpc) is 3.53. The monoisotopic (exact) mass is 775 g/mol. The number of anilines is 1. The first-order chi connectivity index (χ1) is 25.5. The molecule has 3 N–H and O–H groups in total. The van der Waals surface area contributed by atoms with Gasteiger partial charge in [-0.15, -0.1) is 0 Å². The predicted octanol–water partition coefficient (Wildman–Crippen LogP) is 6.40. The van der Waals surface area contributed by atoms with Crippen LogP contribution in [0.3, 0.4) is 0 Å². The topological polar surface area (TPSA) is 136 Å². The van der Waals surface area contributed by atoms with Crippen LogP contribution in [0.4, 0.5) is 5.69 Å². The lowest BCUT2D eigenvalue weighted by Gasteiger charge is -2.50. The van der Waals surface area contributed by atoms with Gasteiger partial charge in [0.1, 0.15) is 5.75 Å². The largest absolute Gasteiger partial charge is 0.508 e. The van der Waals surface area contributed by atoms with Gasteiger partial charge >= 0.3 is 0 Å². The number of imide groups is 2. The second-order valence-electron chi connectivity index (χ2n) is 14.4. The fourth-order valence-electron chi connectivity index (χ4n) is 9.25. The van der Waals surface area contributed by atoms with Crippen LogP contribution < -0.4 is 10.2 Å². The van der Waals surface area contributed by atoms with Crippen molar-refractivity contribution in [3.63, 3.8) is 0 Å². The van der Waals surface area contributed by atoms with Crippen molar-refractivity contribution in [1.29, 1.82) is 0 Å². The Morgan fingerprint density at radius 2 is 1.60 bits per heavy atom. The normalized spacial score (nSPS) is 26.2. The Morgan fingerprint density at radius 1 is 0.887 bits per heavy atom. The first kappa shape index (κ1) is 34.7. The van der Waals surface area contributed by atoms with Crippen LogP contribution in [0.25, 0.3) is 0 Å². The summed E-state index contributed by atoms with van der Waals surface area (Å²) in [6.07, 6.45) is 2.80. The van der Waals surface area contributed by atoms with Gasteiger partial charge in [-0.3, -0.25) is 29.5 Å². The molecule has 10 nitrogen and oxygen atoms in total. The van der Waals surface area contributed by atoms with Crippen LogP contribution in [0.5, 0.6) is 17.2 Å². The zero-order valence-corrected chi connectivity index (χ0v) is 30.7. The van der Waals surface area contributed by atoms with Crippen LogP contribution in [0.1, 0.15) is 41.0 Å². The molecule has 4 aromatic carbocycles. The molecule has 53 heavy (non-hydrogen) atoms. The smallest absolute Gasteiger partial charge is 0.260 e. The molecule has 0 bridgehead atoms. The number of aromatic hydroxyl groups is 2. The van der Waals surface area contributed by atoms with Crippen molar-refractivity contribution in [3.05, 3.63) is 129 Å². The molecule has 11 heteroatoms. The molecular weight excluding hydrogens is 738 g/mol. The zero-order chi connectivity index (χ0) is 37.2. The minimum Gasteiger partial charge on any atom is -0.508 e. The molecular formula is C42H38BrN3O7. The van der Waals surface area contributed by atoms with E-state index in [0.29, 0.717) is 27.7 Å². The Kier molecular flexibility index (Phi) is 8.64. The molecule has 0 aromatic heterocycles. The van der Waals surface area contributed by atoms with Gasteiger partial charge in [-0.05, 0) is 79.6 Å². The van der Waals surface area contributed by atoms with Gasteiger partial charge in [0.2, 0.25) is 11.8 Å². The van der Waals surface area contributed by atoms with Crippen LogP contribution in [-0.4, -0.2) is 57.4 Å². The Hall–Kier alpha value is -5.42. The number of amides is 4. The number of carbonyl (C=O) groups excluding carboxylic acids is 4. The number of fused-ring (bicyclic) bond motifs is 4. The van der Waals surface area contributed by atoms with E-state index in [0.717, 1.165) is 21.7 Å². The van der Waals surface area contributed by atoms with Crippen LogP contribution in [0.2, 0.25) is 0 Å². The molecule has 1 saturated carbocycles. The van der Waals surface area contributed by atoms with Crippen LogP contribution in [0, 0.1) is 30.6 Å². The fourth-order valence-corrected chi connectivity index (χ4v) is 9.71. The van der Waals surface area contributed by atoms with Crippen LogP contribution >= 0.6 is 15.9 Å². The molecule has 0 radical (unpaired) electrons. The number of nitrogens with zero attached hydrogens (tertiary/aromatic N) is 2. The van der Waals surface area contributed by atoms with Gasteiger partial charge in [0.25, 0.3) is 11.8 Å². The van der Waals surface area contributed by atoms with Gasteiger partial charge in [-0.1, -0.05) is 87.7 Å². The predicted molar refractivity (Wildman–Crippen MR) is 200 cm³/mol. The summed E-state index contributed by atoms with van der Waals surface area (Å²) in [6, 6.07) is 26.6. The van der Waals surface area contributed by atoms with Crippen molar-refractivity contribution in [3.8, 4) is 17.2 Å². The van der Waals surface area contributed by atoms with Crippen molar-refractivity contribution < 1.29 is 34.1 Å². The summed E-state index contributed by atoms with van der Waals surface area (Å²) in [5.74, 6) is -5.16. The lowest BCUT2D eigenvalue weighted by atomic mass is 9.49. The van der Waals surface area contributed by atoms with Crippen molar-refractivity contribution in [2.75, 3.05) is 19.1 Å². The van der Waals surface area contributed by atoms with Crippen molar-refractivity contribution >= 4 is 45.2 Å². The number of hydrogen-bond donors (Lipinski definition) is 3. The number of phenols is 2. The summed E-state index contributed by atoms with van der Waals surface area (Å²) >= 11 is 3.58. The highest BCUT2D eigenvalue weighted by Crippen LogP contribution is 2.65. The third kappa shape index (κ3) is 5.43. The molecule has 4 aromatic rings. The maximum absolute atomic E-state index is 15.3. The molecule has 2 heterocycles. The maximum Gasteiger partial charge on any atom is 0.260 e. The number of hydrogen-bond acceptors (Lipinski definition) is 8. The first-order valence-electron chi connectivity index (χ1n) is 17.7. The molecule has 270 valence electrons. The van der Waals surface area contributed by atoms with E-state index in [9.17, 15) is 24.6 Å². The summed E-state index contributed by atoms with van der Waals surface area (Å²) in [6.45, 7) is 2.12. The van der Waals surface area contributed by atoms with Gasteiger partial charge in [0.15, 0.2) is 11.5 Å². The Bertz CT molecular complexity index is 2170. The standard InChI is InChI=1S/C42H38BrN3O7/c1-23-8-12-27(13-9-23)44-46-39(50)33-22-31-29(16-17-30-35(31)40(51)45(38(30)49)19-18-24-10-14-28(47)15-11-24)36(32-20-26(43)21-34(53-2)37(32)48)42(33,41(46)52)25-6-4-3-5-7-25/h3-16,20-21,30-31,33,35-36,44,47-48H,17-19,22H2,1-2H3. The molecule has 6 atom stereocenters. The molecule has 4 aliphatic rings. The van der Waals surface area contributed by atoms with Gasteiger partial charge in [-0.25, -0.2) is 0 Å². The summed E-state index contributed by atoms with van der Waals surface area (Å²) in [5, 5.41) is 22.7. The third-order valence-electron chi connectivity index (χ3n) is 11.6. The molecule has 3 fully saturated rings. The number of benzene rings is 4. The molecule has 4 amide bonds. The van der Waals surface area contributed by atoms with Crippen molar-refractivity contribution in [2.24, 2.45) is 23.7 Å². The van der Waals surface area contributed by atoms with E-state index in [1.807, 2.05) is 55.5 Å². The number of allylic oxidation sites excluding steroid dienone is 2. The lowest BCUT2D eigenvalue weighted by molar-refractivity contribution is -0.141. The number of halogens is 1. The quantitative estimate of drug-likeness (QED) is 0.138. The summed E-state index contributed by atoms with van der Waals surface area (Å²) in [7, 11) is 1.45. The fraction of sp³-hybridized carbons (Fsp3) is 0.286. The van der Waals surface area contributed by atoms with E-state index in [-0.39, 0.29) is 48.4 Å². The number of phenolic OH excluding ortho intramolecular Hbond substituents is 2. The second kappa shape index (κ2) is 13.2. The molecule has 6 unspecified atom stereocenters. The molecule has 2 aliphatic carbocycles. The number of ether oxygens (including phenoxy) is 1. The van der Waals surface area contributed by atoms with Crippen molar-refractivity contribution in [1.82, 2.24) is 9.91 Å². The number of aryl methyl sites for hydroxylation is 1. The SMILES string of the molecule is COc1cc(Br)cc(C2C3=CCC4C(=O)N(CCc5ccc(O)cc5)C(=O)C4C3CC3C(=O)N(Nc4ccc(C)cc4)C(=O)C32c2ccccc2)c1O. The Morgan fingerprint density at radius 3 is 2.30 bits per heavy atom. The summed E-state index contributed by atoms with van der Waals surface area (Å²) < 4.78 is 6.19. The Labute approximate surface area is 315 Å². The number of methoxy groups -OCH3 is 1. The number of hydrazine groups is 1. The van der Waals surface area contributed by atoms with E-state index in [1.54, 1.807) is 48.5 Å². The second-order valence-corrected chi connectivity index (χ2v) is 15.3. The Balaban J connectivity index is 1.28. The molecule has 2 saturated heterocycles. The number of nitrogens with one attached hydrogen (secondary N) is 1. The molecule has 2 aliphatic heterocycles. The molecule has 0 spiro atoms.